The quantitative estimate of drug-likeness (QED) is 0.909. The van der Waals surface area contributed by atoms with Crippen LogP contribution in [0, 0.1) is 0 Å². The minimum Gasteiger partial charge on any atom is -0.379 e. The molecule has 0 saturated carbocycles. The van der Waals surface area contributed by atoms with Gasteiger partial charge in [-0.25, -0.2) is 4.98 Å². The third-order valence-corrected chi connectivity index (χ3v) is 4.04. The number of ether oxygens (including phenoxy) is 1. The Kier molecular flexibility index (Phi) is 3.86. The van der Waals surface area contributed by atoms with E-state index in [2.05, 4.69) is 39.2 Å². The topological polar surface area (TPSA) is 49.9 Å². The first-order chi connectivity index (χ1) is 9.28. The second kappa shape index (κ2) is 5.61. The molecule has 1 aliphatic heterocycles. The zero-order valence-corrected chi connectivity index (χ0v) is 12.5. The van der Waals surface area contributed by atoms with Gasteiger partial charge in [-0.1, -0.05) is 22.9 Å². The van der Waals surface area contributed by atoms with Crippen LogP contribution in [0.15, 0.2) is 22.7 Å². The number of rotatable bonds is 4. The molecule has 2 heterocycles. The van der Waals surface area contributed by atoms with Gasteiger partial charge in [0.25, 0.3) is 0 Å². The first-order valence-electron chi connectivity index (χ1n) is 6.74. The maximum Gasteiger partial charge on any atom is 0.114 e. The molecule has 0 amide bonds. The van der Waals surface area contributed by atoms with Crippen LogP contribution in [-0.2, 0) is 4.74 Å². The molecular formula is C14H18BrN3O. The van der Waals surface area contributed by atoms with Crippen LogP contribution in [0.5, 0.6) is 0 Å². The third-order valence-electron chi connectivity index (χ3n) is 3.55. The standard InChI is InChI=1S/C14H18BrN3O/c1-2-5-16-13-8-19-7-10(13)14-17-11-4-3-9(15)6-12(11)18-14/h3-4,6,10,13,16H,2,5,7-8H2,1H3,(H,17,18). The van der Waals surface area contributed by atoms with Crippen LogP contribution in [-0.4, -0.2) is 35.8 Å². The Bertz CT molecular complexity index is 569. The van der Waals surface area contributed by atoms with Crippen LogP contribution in [0.25, 0.3) is 11.0 Å². The molecule has 0 spiro atoms. The van der Waals surface area contributed by atoms with Gasteiger partial charge in [0.05, 0.1) is 30.2 Å². The van der Waals surface area contributed by atoms with Crippen molar-refractivity contribution in [2.75, 3.05) is 19.8 Å². The molecular weight excluding hydrogens is 306 g/mol. The van der Waals surface area contributed by atoms with E-state index in [0.717, 1.165) is 47.5 Å². The first kappa shape index (κ1) is 13.1. The summed E-state index contributed by atoms with van der Waals surface area (Å²) in [5.74, 6) is 1.34. The molecule has 4 nitrogen and oxygen atoms in total. The number of nitrogens with zero attached hydrogens (tertiary/aromatic N) is 1. The highest BCUT2D eigenvalue weighted by molar-refractivity contribution is 9.10. The van der Waals surface area contributed by atoms with Gasteiger partial charge in [-0.15, -0.1) is 0 Å². The van der Waals surface area contributed by atoms with Gasteiger partial charge in [0.1, 0.15) is 5.82 Å². The highest BCUT2D eigenvalue weighted by Gasteiger charge is 2.31. The number of benzene rings is 1. The summed E-state index contributed by atoms with van der Waals surface area (Å²) in [6.07, 6.45) is 1.14. The fraction of sp³-hybridized carbons (Fsp3) is 0.500. The fourth-order valence-electron chi connectivity index (χ4n) is 2.53. The summed E-state index contributed by atoms with van der Waals surface area (Å²) in [6, 6.07) is 6.48. The molecule has 1 aliphatic rings. The number of hydrogen-bond acceptors (Lipinski definition) is 3. The molecule has 102 valence electrons. The average Bonchev–Trinajstić information content (AvgIpc) is 3.01. The van der Waals surface area contributed by atoms with Gasteiger partial charge in [0.2, 0.25) is 0 Å². The van der Waals surface area contributed by atoms with E-state index in [9.17, 15) is 0 Å². The first-order valence-corrected chi connectivity index (χ1v) is 7.53. The Hall–Kier alpha value is -0.910. The molecule has 1 aromatic carbocycles. The van der Waals surface area contributed by atoms with Gasteiger partial charge in [-0.3, -0.25) is 0 Å². The van der Waals surface area contributed by atoms with Crippen molar-refractivity contribution in [3.8, 4) is 0 Å². The van der Waals surface area contributed by atoms with Crippen molar-refractivity contribution in [1.29, 1.82) is 0 Å². The SMILES string of the molecule is CCCNC1COCC1c1nc2ccc(Br)cc2[nH]1. The third kappa shape index (κ3) is 2.68. The number of aromatic amines is 1. The summed E-state index contributed by atoms with van der Waals surface area (Å²) >= 11 is 3.49. The number of halogens is 1. The monoisotopic (exact) mass is 323 g/mol. The molecule has 2 aromatic rings. The summed E-state index contributed by atoms with van der Waals surface area (Å²) < 4.78 is 6.68. The van der Waals surface area contributed by atoms with E-state index in [1.807, 2.05) is 12.1 Å². The van der Waals surface area contributed by atoms with Crippen molar-refractivity contribution in [2.45, 2.75) is 25.3 Å². The summed E-state index contributed by atoms with van der Waals surface area (Å²) in [6.45, 7) is 4.71. The summed E-state index contributed by atoms with van der Waals surface area (Å²) in [7, 11) is 0. The summed E-state index contributed by atoms with van der Waals surface area (Å²) in [4.78, 5) is 8.12. The van der Waals surface area contributed by atoms with E-state index in [1.165, 1.54) is 0 Å². The van der Waals surface area contributed by atoms with Gasteiger partial charge in [0, 0.05) is 10.5 Å². The Morgan fingerprint density at radius 3 is 3.21 bits per heavy atom. The Morgan fingerprint density at radius 2 is 2.37 bits per heavy atom. The lowest BCUT2D eigenvalue weighted by atomic mass is 10.0. The van der Waals surface area contributed by atoms with Crippen molar-refractivity contribution in [1.82, 2.24) is 15.3 Å². The minimum atomic E-state index is 0.317. The smallest absolute Gasteiger partial charge is 0.114 e. The van der Waals surface area contributed by atoms with E-state index in [1.54, 1.807) is 0 Å². The largest absolute Gasteiger partial charge is 0.379 e. The molecule has 0 bridgehead atoms. The van der Waals surface area contributed by atoms with Crippen molar-refractivity contribution in [2.24, 2.45) is 0 Å². The highest BCUT2D eigenvalue weighted by Crippen LogP contribution is 2.26. The molecule has 1 saturated heterocycles. The number of imidazole rings is 1. The number of hydrogen-bond donors (Lipinski definition) is 2. The van der Waals surface area contributed by atoms with E-state index in [0.29, 0.717) is 12.0 Å². The van der Waals surface area contributed by atoms with Crippen LogP contribution in [0.2, 0.25) is 0 Å². The van der Waals surface area contributed by atoms with Crippen LogP contribution in [0.3, 0.4) is 0 Å². The lowest BCUT2D eigenvalue weighted by Crippen LogP contribution is -2.35. The van der Waals surface area contributed by atoms with E-state index in [-0.39, 0.29) is 0 Å². The van der Waals surface area contributed by atoms with E-state index < -0.39 is 0 Å². The molecule has 5 heteroatoms. The van der Waals surface area contributed by atoms with Crippen molar-refractivity contribution in [3.05, 3.63) is 28.5 Å². The molecule has 2 unspecified atom stereocenters. The van der Waals surface area contributed by atoms with Gasteiger partial charge in [-0.05, 0) is 31.2 Å². The number of fused-ring (bicyclic) bond motifs is 1. The van der Waals surface area contributed by atoms with Crippen LogP contribution < -0.4 is 5.32 Å². The molecule has 19 heavy (non-hydrogen) atoms. The second-order valence-corrected chi connectivity index (χ2v) is 5.90. The predicted molar refractivity (Wildman–Crippen MR) is 79.4 cm³/mol. The lowest BCUT2D eigenvalue weighted by molar-refractivity contribution is 0.187. The van der Waals surface area contributed by atoms with Crippen LogP contribution >= 0.6 is 15.9 Å². The zero-order valence-electron chi connectivity index (χ0n) is 10.9. The van der Waals surface area contributed by atoms with Crippen molar-refractivity contribution < 1.29 is 4.74 Å². The number of nitrogens with one attached hydrogen (secondary N) is 2. The molecule has 3 rings (SSSR count). The Morgan fingerprint density at radius 1 is 1.47 bits per heavy atom. The maximum atomic E-state index is 5.61. The number of aromatic nitrogens is 2. The molecule has 2 N–H and O–H groups in total. The zero-order chi connectivity index (χ0) is 13.2. The summed E-state index contributed by atoms with van der Waals surface area (Å²) in [5, 5.41) is 3.54. The summed E-state index contributed by atoms with van der Waals surface area (Å²) in [5.41, 5.74) is 2.09. The second-order valence-electron chi connectivity index (χ2n) is 4.99. The Balaban J connectivity index is 1.86. The van der Waals surface area contributed by atoms with E-state index in [4.69, 9.17) is 9.72 Å². The van der Waals surface area contributed by atoms with E-state index >= 15 is 0 Å². The van der Waals surface area contributed by atoms with Gasteiger partial charge in [-0.2, -0.15) is 0 Å². The van der Waals surface area contributed by atoms with Gasteiger partial charge in [0.15, 0.2) is 0 Å². The lowest BCUT2D eigenvalue weighted by Gasteiger charge is -2.16. The highest BCUT2D eigenvalue weighted by atomic mass is 79.9. The molecule has 1 fully saturated rings. The molecule has 0 radical (unpaired) electrons. The van der Waals surface area contributed by atoms with Crippen LogP contribution in [0.1, 0.15) is 25.1 Å². The fourth-order valence-corrected chi connectivity index (χ4v) is 2.89. The average molecular weight is 324 g/mol. The molecule has 1 aromatic heterocycles. The van der Waals surface area contributed by atoms with Gasteiger partial charge < -0.3 is 15.0 Å². The molecule has 0 aliphatic carbocycles. The Labute approximate surface area is 121 Å². The molecule has 2 atom stereocenters. The van der Waals surface area contributed by atoms with Crippen molar-refractivity contribution >= 4 is 27.0 Å². The normalized spacial score (nSPS) is 23.3. The number of H-pyrrole nitrogens is 1. The minimum absolute atomic E-state index is 0.317. The van der Waals surface area contributed by atoms with Crippen LogP contribution in [0.4, 0.5) is 0 Å². The maximum absolute atomic E-state index is 5.61. The van der Waals surface area contributed by atoms with Gasteiger partial charge >= 0.3 is 0 Å². The predicted octanol–water partition coefficient (Wildman–Crippen LogP) is 2.81. The van der Waals surface area contributed by atoms with Crippen molar-refractivity contribution in [3.63, 3.8) is 0 Å².